The third kappa shape index (κ3) is 4.40. The molecule has 1 N–H and O–H groups in total. The van der Waals surface area contributed by atoms with E-state index in [1.165, 1.54) is 17.8 Å². The molecule has 2 aliphatic rings. The normalized spacial score (nSPS) is 19.3. The second kappa shape index (κ2) is 8.22. The third-order valence-electron chi connectivity index (χ3n) is 5.24. The Morgan fingerprint density at radius 2 is 1.80 bits per heavy atom. The number of carbonyl (C=O) groups is 2. The summed E-state index contributed by atoms with van der Waals surface area (Å²) in [7, 11) is 0. The fourth-order valence-electron chi connectivity index (χ4n) is 3.61. The topological polar surface area (TPSA) is 52.7 Å². The molecule has 0 radical (unpaired) electrons. The highest BCUT2D eigenvalue weighted by molar-refractivity contribution is 8.01. The lowest BCUT2D eigenvalue weighted by atomic mass is 10.1. The minimum absolute atomic E-state index is 0.0917. The Hall–Kier alpha value is -2.68. The molecule has 30 heavy (non-hydrogen) atoms. The molecule has 2 amide bonds. The van der Waals surface area contributed by atoms with Crippen LogP contribution in [-0.2, 0) is 15.8 Å². The van der Waals surface area contributed by atoms with Crippen LogP contribution in [0.3, 0.4) is 0 Å². The quantitative estimate of drug-likeness (QED) is 0.796. The van der Waals surface area contributed by atoms with E-state index in [1.54, 1.807) is 11.0 Å². The molecule has 1 unspecified atom stereocenters. The van der Waals surface area contributed by atoms with Crippen LogP contribution in [0.4, 0.5) is 24.5 Å². The van der Waals surface area contributed by atoms with E-state index in [-0.39, 0.29) is 18.2 Å². The molecule has 1 atom stereocenters. The number of thioether (sulfide) groups is 1. The number of fused-ring (bicyclic) bond motifs is 1. The highest BCUT2D eigenvalue weighted by Gasteiger charge is 2.33. The van der Waals surface area contributed by atoms with Gasteiger partial charge in [0.15, 0.2) is 0 Å². The van der Waals surface area contributed by atoms with Gasteiger partial charge in [-0.15, -0.1) is 11.8 Å². The summed E-state index contributed by atoms with van der Waals surface area (Å²) in [6.07, 6.45) is -4.29. The molecule has 2 aliphatic heterocycles. The van der Waals surface area contributed by atoms with Gasteiger partial charge in [0, 0.05) is 43.2 Å². The number of benzene rings is 2. The number of para-hydroxylation sites is 1. The second-order valence-electron chi connectivity index (χ2n) is 7.21. The summed E-state index contributed by atoms with van der Waals surface area (Å²) in [5.74, 6) is -0.305. The molecule has 0 aromatic heterocycles. The number of anilines is 2. The number of carbonyl (C=O) groups excluding carboxylic acids is 2. The molecule has 0 bridgehead atoms. The van der Waals surface area contributed by atoms with Crippen LogP contribution in [-0.4, -0.2) is 48.1 Å². The van der Waals surface area contributed by atoms with Crippen LogP contribution >= 0.6 is 11.8 Å². The molecular formula is C21H20F3N3O2S. The third-order valence-corrected chi connectivity index (χ3v) is 6.51. The molecule has 0 aliphatic carbocycles. The molecule has 1 fully saturated rings. The summed E-state index contributed by atoms with van der Waals surface area (Å²) < 4.78 is 38.8. The monoisotopic (exact) mass is 435 g/mol. The number of alkyl halides is 3. The summed E-state index contributed by atoms with van der Waals surface area (Å²) in [5.41, 5.74) is 0.570. The number of amides is 2. The molecule has 5 nitrogen and oxygen atoms in total. The molecule has 9 heteroatoms. The molecule has 2 heterocycles. The number of hydrogen-bond donors (Lipinski definition) is 1. The van der Waals surface area contributed by atoms with Crippen LogP contribution in [0.1, 0.15) is 12.0 Å². The van der Waals surface area contributed by atoms with E-state index in [1.807, 2.05) is 29.2 Å². The Kier molecular flexibility index (Phi) is 5.64. The average Bonchev–Trinajstić information content (AvgIpc) is 2.74. The van der Waals surface area contributed by atoms with Crippen molar-refractivity contribution in [3.8, 4) is 0 Å². The summed E-state index contributed by atoms with van der Waals surface area (Å²) in [4.78, 5) is 29.5. The summed E-state index contributed by atoms with van der Waals surface area (Å²) in [5, 5.41) is 2.34. The van der Waals surface area contributed by atoms with Gasteiger partial charge < -0.3 is 15.1 Å². The zero-order chi connectivity index (χ0) is 21.3. The summed E-state index contributed by atoms with van der Waals surface area (Å²) in [6, 6.07) is 12.7. The molecule has 0 saturated carbocycles. The summed E-state index contributed by atoms with van der Waals surface area (Å²) >= 11 is 1.38. The molecule has 1 saturated heterocycles. The van der Waals surface area contributed by atoms with Gasteiger partial charge in [0.1, 0.15) is 0 Å². The van der Waals surface area contributed by atoms with Gasteiger partial charge >= 0.3 is 6.18 Å². The number of hydrogen-bond acceptors (Lipinski definition) is 4. The number of rotatable bonds is 3. The van der Waals surface area contributed by atoms with Crippen molar-refractivity contribution in [1.29, 1.82) is 0 Å². The van der Waals surface area contributed by atoms with E-state index < -0.39 is 17.0 Å². The van der Waals surface area contributed by atoms with E-state index >= 15 is 0 Å². The molecular weight excluding hydrogens is 415 g/mol. The van der Waals surface area contributed by atoms with Crippen molar-refractivity contribution in [1.82, 2.24) is 4.90 Å². The van der Waals surface area contributed by atoms with Gasteiger partial charge in [-0.05, 0) is 30.3 Å². The molecule has 2 aromatic carbocycles. The van der Waals surface area contributed by atoms with Crippen LogP contribution in [0.25, 0.3) is 0 Å². The smallest absolute Gasteiger partial charge is 0.368 e. The molecule has 158 valence electrons. The minimum atomic E-state index is -4.38. The molecule has 4 rings (SSSR count). The Balaban J connectivity index is 1.34. The van der Waals surface area contributed by atoms with Crippen molar-refractivity contribution in [2.24, 2.45) is 0 Å². The van der Waals surface area contributed by atoms with Gasteiger partial charge in [0.25, 0.3) is 0 Å². The van der Waals surface area contributed by atoms with Crippen LogP contribution in [0.5, 0.6) is 0 Å². The maximum atomic E-state index is 12.9. The molecule has 0 spiro atoms. The van der Waals surface area contributed by atoms with Gasteiger partial charge in [-0.3, -0.25) is 9.59 Å². The first-order valence-corrected chi connectivity index (χ1v) is 10.5. The van der Waals surface area contributed by atoms with Crippen molar-refractivity contribution >= 4 is 35.0 Å². The van der Waals surface area contributed by atoms with Gasteiger partial charge in [-0.25, -0.2) is 0 Å². The average molecular weight is 435 g/mol. The van der Waals surface area contributed by atoms with Gasteiger partial charge in [-0.2, -0.15) is 13.2 Å². The van der Waals surface area contributed by atoms with Crippen LogP contribution in [0.2, 0.25) is 0 Å². The zero-order valence-electron chi connectivity index (χ0n) is 16.0. The number of piperazine rings is 1. The van der Waals surface area contributed by atoms with E-state index in [4.69, 9.17) is 0 Å². The SMILES string of the molecule is O=C1Nc2ccccc2SC1CC(=O)N1CCN(c2cccc(C(F)(F)F)c2)CC1. The lowest BCUT2D eigenvalue weighted by Gasteiger charge is -2.37. The lowest BCUT2D eigenvalue weighted by Crippen LogP contribution is -2.49. The number of nitrogens with one attached hydrogen (secondary N) is 1. The van der Waals surface area contributed by atoms with Crippen molar-refractivity contribution in [3.05, 3.63) is 54.1 Å². The Bertz CT molecular complexity index is 959. The predicted molar refractivity (Wildman–Crippen MR) is 110 cm³/mol. The van der Waals surface area contributed by atoms with E-state index in [0.717, 1.165) is 22.7 Å². The maximum absolute atomic E-state index is 12.9. The number of halogens is 3. The summed E-state index contributed by atoms with van der Waals surface area (Å²) in [6.45, 7) is 1.70. The van der Waals surface area contributed by atoms with Crippen LogP contribution in [0.15, 0.2) is 53.4 Å². The van der Waals surface area contributed by atoms with Crippen molar-refractivity contribution in [2.45, 2.75) is 22.7 Å². The van der Waals surface area contributed by atoms with Crippen molar-refractivity contribution in [2.75, 3.05) is 36.4 Å². The highest BCUT2D eigenvalue weighted by atomic mass is 32.2. The van der Waals surface area contributed by atoms with E-state index in [0.29, 0.717) is 31.9 Å². The van der Waals surface area contributed by atoms with Crippen LogP contribution < -0.4 is 10.2 Å². The fourth-order valence-corrected chi connectivity index (χ4v) is 4.71. The predicted octanol–water partition coefficient (Wildman–Crippen LogP) is 3.86. The lowest BCUT2D eigenvalue weighted by molar-refractivity contribution is -0.137. The van der Waals surface area contributed by atoms with E-state index in [9.17, 15) is 22.8 Å². The van der Waals surface area contributed by atoms with Gasteiger partial charge in [0.2, 0.25) is 11.8 Å². The first-order chi connectivity index (χ1) is 14.3. The maximum Gasteiger partial charge on any atom is 0.416 e. The van der Waals surface area contributed by atoms with Crippen molar-refractivity contribution in [3.63, 3.8) is 0 Å². The van der Waals surface area contributed by atoms with Gasteiger partial charge in [-0.1, -0.05) is 18.2 Å². The zero-order valence-corrected chi connectivity index (χ0v) is 16.8. The Morgan fingerprint density at radius 3 is 2.53 bits per heavy atom. The number of nitrogens with zero attached hydrogens (tertiary/aromatic N) is 2. The highest BCUT2D eigenvalue weighted by Crippen LogP contribution is 2.37. The first-order valence-electron chi connectivity index (χ1n) is 9.58. The largest absolute Gasteiger partial charge is 0.416 e. The fraction of sp³-hybridized carbons (Fsp3) is 0.333. The van der Waals surface area contributed by atoms with E-state index in [2.05, 4.69) is 5.32 Å². The van der Waals surface area contributed by atoms with Crippen molar-refractivity contribution < 1.29 is 22.8 Å². The first kappa shape index (κ1) is 20.6. The Morgan fingerprint density at radius 1 is 1.07 bits per heavy atom. The minimum Gasteiger partial charge on any atom is -0.368 e. The Labute approximate surface area is 176 Å². The molecule has 2 aromatic rings. The second-order valence-corrected chi connectivity index (χ2v) is 8.46. The van der Waals surface area contributed by atoms with Crippen LogP contribution in [0, 0.1) is 0 Å². The van der Waals surface area contributed by atoms with Gasteiger partial charge in [0.05, 0.1) is 16.5 Å². The standard InChI is InChI=1S/C21H20F3N3O2S/c22-21(23,24)14-4-3-5-15(12-14)26-8-10-27(11-9-26)19(28)13-18-20(29)25-16-6-1-2-7-17(16)30-18/h1-7,12,18H,8-11,13H2,(H,25,29).